The van der Waals surface area contributed by atoms with Crippen molar-refractivity contribution in [1.29, 1.82) is 0 Å². The molecule has 0 unspecified atom stereocenters. The van der Waals surface area contributed by atoms with Crippen LogP contribution in [0.25, 0.3) is 0 Å². The first-order valence-corrected chi connectivity index (χ1v) is 8.79. The fourth-order valence-electron chi connectivity index (χ4n) is 3.53. The van der Waals surface area contributed by atoms with E-state index < -0.39 is 0 Å². The van der Waals surface area contributed by atoms with Crippen LogP contribution < -0.4 is 5.32 Å². The van der Waals surface area contributed by atoms with Crippen LogP contribution in [0.2, 0.25) is 0 Å². The van der Waals surface area contributed by atoms with Crippen molar-refractivity contribution in [2.45, 2.75) is 38.1 Å². The monoisotopic (exact) mass is 317 g/mol. The molecule has 3 rings (SSSR count). The molecule has 1 aromatic heterocycles. The highest BCUT2D eigenvalue weighted by Gasteiger charge is 2.30. The smallest absolute Gasteiger partial charge is 0.234 e. The van der Waals surface area contributed by atoms with E-state index in [0.29, 0.717) is 19.1 Å². The van der Waals surface area contributed by atoms with Crippen molar-refractivity contribution >= 4 is 5.91 Å². The van der Waals surface area contributed by atoms with Gasteiger partial charge in [-0.3, -0.25) is 14.7 Å². The molecule has 2 aliphatic rings. The summed E-state index contributed by atoms with van der Waals surface area (Å²) in [6, 6.07) is 4.20. The van der Waals surface area contributed by atoms with Crippen molar-refractivity contribution in [1.82, 2.24) is 15.2 Å². The Balaban J connectivity index is 1.48. The summed E-state index contributed by atoms with van der Waals surface area (Å²) in [5.41, 5.74) is 1.25. The zero-order valence-electron chi connectivity index (χ0n) is 13.7. The van der Waals surface area contributed by atoms with Crippen LogP contribution in [-0.4, -0.2) is 54.7 Å². The lowest BCUT2D eigenvalue weighted by molar-refractivity contribution is -0.123. The molecule has 0 aliphatic carbocycles. The van der Waals surface area contributed by atoms with Crippen molar-refractivity contribution < 1.29 is 9.53 Å². The van der Waals surface area contributed by atoms with Crippen molar-refractivity contribution in [3.05, 3.63) is 30.1 Å². The molecule has 1 aromatic rings. The molecule has 5 heteroatoms. The van der Waals surface area contributed by atoms with Crippen LogP contribution in [0.3, 0.4) is 0 Å². The maximum absolute atomic E-state index is 12.4. The molecule has 2 aliphatic heterocycles. The molecule has 126 valence electrons. The number of likely N-dealkylation sites (tertiary alicyclic amines) is 1. The van der Waals surface area contributed by atoms with Crippen molar-refractivity contribution in [2.75, 3.05) is 32.8 Å². The molecule has 0 spiro atoms. The molecule has 23 heavy (non-hydrogen) atoms. The van der Waals surface area contributed by atoms with E-state index in [1.807, 2.05) is 24.5 Å². The van der Waals surface area contributed by atoms with Gasteiger partial charge in [-0.25, -0.2) is 0 Å². The second-order valence-electron chi connectivity index (χ2n) is 6.72. The van der Waals surface area contributed by atoms with Crippen LogP contribution in [0.4, 0.5) is 0 Å². The third kappa shape index (κ3) is 5.01. The second-order valence-corrected chi connectivity index (χ2v) is 6.72. The van der Waals surface area contributed by atoms with E-state index in [9.17, 15) is 4.79 Å². The van der Waals surface area contributed by atoms with Gasteiger partial charge in [0.2, 0.25) is 5.91 Å². The molecule has 2 atom stereocenters. The number of carbonyl (C=O) groups is 1. The van der Waals surface area contributed by atoms with Gasteiger partial charge in [0.05, 0.1) is 25.8 Å². The quantitative estimate of drug-likeness (QED) is 0.897. The number of amides is 1. The first-order valence-electron chi connectivity index (χ1n) is 8.79. The minimum atomic E-state index is 0.127. The van der Waals surface area contributed by atoms with E-state index in [4.69, 9.17) is 4.74 Å². The summed E-state index contributed by atoms with van der Waals surface area (Å²) in [5.74, 6) is 0.493. The molecule has 5 nitrogen and oxygen atoms in total. The summed E-state index contributed by atoms with van der Waals surface area (Å²) in [5, 5.41) is 3.20. The van der Waals surface area contributed by atoms with E-state index in [-0.39, 0.29) is 11.9 Å². The predicted octanol–water partition coefficient (Wildman–Crippen LogP) is 1.63. The van der Waals surface area contributed by atoms with E-state index in [1.165, 1.54) is 31.2 Å². The molecule has 1 amide bonds. The first-order chi connectivity index (χ1) is 11.3. The molecule has 2 fully saturated rings. The van der Waals surface area contributed by atoms with Crippen LogP contribution in [-0.2, 0) is 16.0 Å². The number of nitrogens with zero attached hydrogens (tertiary/aromatic N) is 2. The van der Waals surface area contributed by atoms with Gasteiger partial charge in [-0.15, -0.1) is 0 Å². The molecule has 0 radical (unpaired) electrons. The minimum Gasteiger partial charge on any atom is -0.379 e. The first kappa shape index (κ1) is 16.4. The molecule has 1 N–H and O–H groups in total. The zero-order chi connectivity index (χ0) is 15.9. The number of aromatic nitrogens is 1. The SMILES string of the molecule is O=C(CN1CCCCCC1)N[C@H]1COC[C@H]1Cc1ccncc1. The Hall–Kier alpha value is -1.46. The highest BCUT2D eigenvalue weighted by Crippen LogP contribution is 2.19. The van der Waals surface area contributed by atoms with Gasteiger partial charge in [-0.05, 0) is 50.0 Å². The van der Waals surface area contributed by atoms with Gasteiger partial charge in [0.15, 0.2) is 0 Å². The second kappa shape index (κ2) is 8.41. The van der Waals surface area contributed by atoms with Gasteiger partial charge in [0.1, 0.15) is 0 Å². The molecule has 3 heterocycles. The number of nitrogens with one attached hydrogen (secondary N) is 1. The molecule has 0 saturated carbocycles. The van der Waals surface area contributed by atoms with E-state index in [1.54, 1.807) is 0 Å². The Morgan fingerprint density at radius 1 is 1.17 bits per heavy atom. The third-order valence-electron chi connectivity index (χ3n) is 4.86. The average Bonchev–Trinajstić information content (AvgIpc) is 2.82. The topological polar surface area (TPSA) is 54.5 Å². The van der Waals surface area contributed by atoms with E-state index in [0.717, 1.165) is 26.1 Å². The lowest BCUT2D eigenvalue weighted by Gasteiger charge is -2.23. The summed E-state index contributed by atoms with van der Waals surface area (Å²) in [6.07, 6.45) is 9.58. The Morgan fingerprint density at radius 3 is 2.65 bits per heavy atom. The van der Waals surface area contributed by atoms with Gasteiger partial charge in [-0.2, -0.15) is 0 Å². The summed E-state index contributed by atoms with van der Waals surface area (Å²) in [4.78, 5) is 18.7. The Bertz CT molecular complexity index is 486. The van der Waals surface area contributed by atoms with Crippen LogP contribution in [0, 0.1) is 5.92 Å². The number of ether oxygens (including phenoxy) is 1. The molecule has 2 saturated heterocycles. The zero-order valence-corrected chi connectivity index (χ0v) is 13.7. The van der Waals surface area contributed by atoms with E-state index >= 15 is 0 Å². The number of hydrogen-bond acceptors (Lipinski definition) is 4. The Morgan fingerprint density at radius 2 is 1.91 bits per heavy atom. The van der Waals surface area contributed by atoms with Gasteiger partial charge in [0, 0.05) is 18.3 Å². The van der Waals surface area contributed by atoms with Gasteiger partial charge in [-0.1, -0.05) is 12.8 Å². The number of pyridine rings is 1. The largest absolute Gasteiger partial charge is 0.379 e. The molecular weight excluding hydrogens is 290 g/mol. The highest BCUT2D eigenvalue weighted by atomic mass is 16.5. The summed E-state index contributed by atoms with van der Waals surface area (Å²) < 4.78 is 5.61. The van der Waals surface area contributed by atoms with Gasteiger partial charge in [0.25, 0.3) is 0 Å². The van der Waals surface area contributed by atoms with Crippen LogP contribution in [0.15, 0.2) is 24.5 Å². The number of rotatable bonds is 5. The van der Waals surface area contributed by atoms with Crippen LogP contribution in [0.1, 0.15) is 31.2 Å². The highest BCUT2D eigenvalue weighted by molar-refractivity contribution is 5.78. The minimum absolute atomic E-state index is 0.127. The Kier molecular flexibility index (Phi) is 6.00. The Labute approximate surface area is 138 Å². The summed E-state index contributed by atoms with van der Waals surface area (Å²) in [6.45, 7) is 3.97. The molecule has 0 bridgehead atoms. The average molecular weight is 317 g/mol. The van der Waals surface area contributed by atoms with Gasteiger partial charge >= 0.3 is 0 Å². The van der Waals surface area contributed by atoms with Crippen molar-refractivity contribution in [3.8, 4) is 0 Å². The van der Waals surface area contributed by atoms with Crippen molar-refractivity contribution in [3.63, 3.8) is 0 Å². The molecule has 0 aromatic carbocycles. The van der Waals surface area contributed by atoms with Crippen molar-refractivity contribution in [2.24, 2.45) is 5.92 Å². The number of carbonyl (C=O) groups excluding carboxylic acids is 1. The molecular formula is C18H27N3O2. The normalized spacial score (nSPS) is 25.9. The van der Waals surface area contributed by atoms with Crippen LogP contribution in [0.5, 0.6) is 0 Å². The predicted molar refractivity (Wildman–Crippen MR) is 89.1 cm³/mol. The van der Waals surface area contributed by atoms with Crippen LogP contribution >= 0.6 is 0 Å². The maximum Gasteiger partial charge on any atom is 0.234 e. The summed E-state index contributed by atoms with van der Waals surface area (Å²) >= 11 is 0. The lowest BCUT2D eigenvalue weighted by atomic mass is 9.95. The standard InChI is InChI=1S/C18H27N3O2/c22-18(12-21-9-3-1-2-4-10-21)20-17-14-23-13-16(17)11-15-5-7-19-8-6-15/h5-8,16-17H,1-4,9-14H2,(H,20,22)/t16-,17+/m1/s1. The van der Waals surface area contributed by atoms with E-state index in [2.05, 4.69) is 15.2 Å². The fourth-order valence-corrected chi connectivity index (χ4v) is 3.53. The third-order valence-corrected chi connectivity index (χ3v) is 4.86. The fraction of sp³-hybridized carbons (Fsp3) is 0.667. The maximum atomic E-state index is 12.4. The van der Waals surface area contributed by atoms with Gasteiger partial charge < -0.3 is 10.1 Å². The number of hydrogen-bond donors (Lipinski definition) is 1. The lowest BCUT2D eigenvalue weighted by Crippen LogP contribution is -2.45. The summed E-state index contributed by atoms with van der Waals surface area (Å²) in [7, 11) is 0.